The Morgan fingerprint density at radius 3 is 2.51 bits per heavy atom. The van der Waals surface area contributed by atoms with E-state index in [0.29, 0.717) is 41.5 Å². The van der Waals surface area contributed by atoms with Crippen LogP contribution in [0.4, 0.5) is 5.00 Å². The van der Waals surface area contributed by atoms with Crippen LogP contribution in [-0.2, 0) is 32.1 Å². The Labute approximate surface area is 218 Å². The Bertz CT molecular complexity index is 1330. The number of carbonyl (C=O) groups is 3. The molecule has 2 aromatic carbocycles. The van der Waals surface area contributed by atoms with Crippen LogP contribution < -0.4 is 14.8 Å². The van der Waals surface area contributed by atoms with Crippen molar-refractivity contribution in [1.29, 1.82) is 0 Å². The second-order valence-electron chi connectivity index (χ2n) is 8.26. The fraction of sp³-hybridized carbons (Fsp3) is 0.250. The molecule has 0 fully saturated rings. The van der Waals surface area contributed by atoms with Gasteiger partial charge in [0.15, 0.2) is 11.5 Å². The van der Waals surface area contributed by atoms with Crippen LogP contribution in [0.25, 0.3) is 6.08 Å². The molecule has 1 unspecified atom stereocenters. The lowest BCUT2D eigenvalue weighted by molar-refractivity contribution is -0.142. The Hall–Kier alpha value is -4.11. The van der Waals surface area contributed by atoms with Gasteiger partial charge in [0.2, 0.25) is 5.91 Å². The molecule has 0 bridgehead atoms. The first kappa shape index (κ1) is 26.0. The zero-order valence-electron chi connectivity index (χ0n) is 20.7. The summed E-state index contributed by atoms with van der Waals surface area (Å²) in [5, 5.41) is 3.11. The van der Waals surface area contributed by atoms with Gasteiger partial charge in [-0.3, -0.25) is 9.59 Å². The molecule has 3 aromatic rings. The van der Waals surface area contributed by atoms with Crippen molar-refractivity contribution in [2.75, 3.05) is 26.6 Å². The van der Waals surface area contributed by atoms with Gasteiger partial charge in [0, 0.05) is 11.0 Å². The first-order valence-corrected chi connectivity index (χ1v) is 12.4. The molecule has 0 radical (unpaired) electrons. The highest BCUT2D eigenvalue weighted by Crippen LogP contribution is 2.46. The van der Waals surface area contributed by atoms with Gasteiger partial charge in [-0.2, -0.15) is 0 Å². The highest BCUT2D eigenvalue weighted by atomic mass is 32.1. The SMILES string of the molecule is COC(=O)c1c(NC(=O)/C=C/c2ccc(OCc3ccccc3)c(OC)c2)sc2c1C(C(=O)OC)CC2. The standard InChI is InChI=1S/C28H27NO7S/c1-33-21-15-17(9-12-20(21)36-16-18-7-5-4-6-8-18)10-14-23(30)29-26-25(28(32)35-3)24-19(27(31)34-2)11-13-22(24)37-26/h4-10,12,14-15,19H,11,13,16H2,1-3H3,(H,29,30)/b14-10+. The van der Waals surface area contributed by atoms with Crippen LogP contribution >= 0.6 is 11.3 Å². The molecule has 37 heavy (non-hydrogen) atoms. The summed E-state index contributed by atoms with van der Waals surface area (Å²) in [5.74, 6) is -0.878. The van der Waals surface area contributed by atoms with Gasteiger partial charge in [0.25, 0.3) is 0 Å². The minimum absolute atomic E-state index is 0.207. The molecule has 0 aliphatic heterocycles. The van der Waals surface area contributed by atoms with Gasteiger partial charge in [0.1, 0.15) is 11.6 Å². The van der Waals surface area contributed by atoms with Gasteiger partial charge in [-0.1, -0.05) is 36.4 Å². The second-order valence-corrected chi connectivity index (χ2v) is 9.36. The zero-order chi connectivity index (χ0) is 26.4. The molecule has 9 heteroatoms. The molecule has 1 aliphatic rings. The highest BCUT2D eigenvalue weighted by molar-refractivity contribution is 7.17. The fourth-order valence-corrected chi connectivity index (χ4v) is 5.47. The summed E-state index contributed by atoms with van der Waals surface area (Å²) in [5.41, 5.74) is 2.55. The number of aryl methyl sites for hydroxylation is 1. The molecule has 1 amide bonds. The number of rotatable bonds is 9. The summed E-state index contributed by atoms with van der Waals surface area (Å²) in [7, 11) is 4.13. The Kier molecular flexibility index (Phi) is 8.25. The summed E-state index contributed by atoms with van der Waals surface area (Å²) in [6.45, 7) is 0.402. The number of esters is 2. The molecule has 8 nitrogen and oxygen atoms in total. The topological polar surface area (TPSA) is 100 Å². The van der Waals surface area contributed by atoms with Crippen LogP contribution in [-0.4, -0.2) is 39.2 Å². The zero-order valence-corrected chi connectivity index (χ0v) is 21.6. The number of amides is 1. The molecule has 1 heterocycles. The minimum atomic E-state index is -0.608. The molecule has 4 rings (SSSR count). The predicted molar refractivity (Wildman–Crippen MR) is 140 cm³/mol. The van der Waals surface area contributed by atoms with Crippen molar-refractivity contribution in [2.24, 2.45) is 0 Å². The van der Waals surface area contributed by atoms with E-state index in [2.05, 4.69) is 5.32 Å². The van der Waals surface area contributed by atoms with Crippen molar-refractivity contribution < 1.29 is 33.3 Å². The highest BCUT2D eigenvalue weighted by Gasteiger charge is 2.38. The minimum Gasteiger partial charge on any atom is -0.493 e. The van der Waals surface area contributed by atoms with Crippen molar-refractivity contribution in [3.05, 3.63) is 81.7 Å². The first-order chi connectivity index (χ1) is 17.9. The lowest BCUT2D eigenvalue weighted by atomic mass is 9.99. The van der Waals surface area contributed by atoms with Crippen molar-refractivity contribution in [3.63, 3.8) is 0 Å². The second kappa shape index (κ2) is 11.7. The number of hydrogen-bond acceptors (Lipinski definition) is 8. The Balaban J connectivity index is 1.48. The summed E-state index contributed by atoms with van der Waals surface area (Å²) in [4.78, 5) is 38.4. The molecule has 1 atom stereocenters. The van der Waals surface area contributed by atoms with Crippen molar-refractivity contribution >= 4 is 40.3 Å². The molecular weight excluding hydrogens is 494 g/mol. The number of ether oxygens (including phenoxy) is 4. The smallest absolute Gasteiger partial charge is 0.341 e. The van der Waals surface area contributed by atoms with Gasteiger partial charge in [-0.25, -0.2) is 4.79 Å². The van der Waals surface area contributed by atoms with Crippen molar-refractivity contribution in [1.82, 2.24) is 0 Å². The lowest BCUT2D eigenvalue weighted by Gasteiger charge is -2.12. The third-order valence-corrected chi connectivity index (χ3v) is 7.18. The van der Waals surface area contributed by atoms with E-state index in [4.69, 9.17) is 18.9 Å². The van der Waals surface area contributed by atoms with Crippen LogP contribution in [0.1, 0.15) is 44.3 Å². The molecule has 0 spiro atoms. The van der Waals surface area contributed by atoms with E-state index >= 15 is 0 Å². The van der Waals surface area contributed by atoms with Crippen LogP contribution in [0, 0.1) is 0 Å². The quantitative estimate of drug-likeness (QED) is 0.313. The predicted octanol–water partition coefficient (Wildman–Crippen LogP) is 4.98. The third kappa shape index (κ3) is 5.83. The maximum Gasteiger partial charge on any atom is 0.341 e. The number of anilines is 1. The van der Waals surface area contributed by atoms with Gasteiger partial charge in [-0.15, -0.1) is 11.3 Å². The number of carbonyl (C=O) groups excluding carboxylic acids is 3. The van der Waals surface area contributed by atoms with E-state index in [1.54, 1.807) is 25.3 Å². The number of nitrogens with one attached hydrogen (secondary N) is 1. The molecule has 0 saturated carbocycles. The van der Waals surface area contributed by atoms with Crippen LogP contribution in [0.5, 0.6) is 11.5 Å². The molecule has 0 saturated heterocycles. The Morgan fingerprint density at radius 1 is 1.03 bits per heavy atom. The average molecular weight is 522 g/mol. The molecule has 1 N–H and O–H groups in total. The van der Waals surface area contributed by atoms with Crippen molar-refractivity contribution in [2.45, 2.75) is 25.4 Å². The fourth-order valence-electron chi connectivity index (χ4n) is 4.20. The number of fused-ring (bicyclic) bond motifs is 1. The third-order valence-electron chi connectivity index (χ3n) is 5.99. The van der Waals surface area contributed by atoms with Gasteiger partial charge >= 0.3 is 11.9 Å². The average Bonchev–Trinajstić information content (AvgIpc) is 3.49. The Morgan fingerprint density at radius 2 is 1.81 bits per heavy atom. The first-order valence-electron chi connectivity index (χ1n) is 11.6. The van der Waals surface area contributed by atoms with E-state index in [-0.39, 0.29) is 5.56 Å². The van der Waals surface area contributed by atoms with Crippen LogP contribution in [0.15, 0.2) is 54.6 Å². The van der Waals surface area contributed by atoms with E-state index in [9.17, 15) is 14.4 Å². The lowest BCUT2D eigenvalue weighted by Crippen LogP contribution is -2.16. The van der Waals surface area contributed by atoms with Gasteiger partial charge < -0.3 is 24.3 Å². The van der Waals surface area contributed by atoms with Crippen LogP contribution in [0.3, 0.4) is 0 Å². The van der Waals surface area contributed by atoms with E-state index in [1.165, 1.54) is 31.6 Å². The number of thiophene rings is 1. The molecule has 1 aromatic heterocycles. The monoisotopic (exact) mass is 521 g/mol. The van der Waals surface area contributed by atoms with Crippen LogP contribution in [0.2, 0.25) is 0 Å². The summed E-state index contributed by atoms with van der Waals surface area (Å²) < 4.78 is 21.2. The maximum atomic E-state index is 12.7. The summed E-state index contributed by atoms with van der Waals surface area (Å²) in [6, 6.07) is 15.2. The van der Waals surface area contributed by atoms with E-state index in [1.807, 2.05) is 36.4 Å². The van der Waals surface area contributed by atoms with E-state index in [0.717, 1.165) is 16.0 Å². The van der Waals surface area contributed by atoms with Gasteiger partial charge in [0.05, 0.1) is 32.8 Å². The number of benzene rings is 2. The normalized spacial score (nSPS) is 14.2. The molecule has 192 valence electrons. The molecular formula is C28H27NO7S. The van der Waals surface area contributed by atoms with Crippen molar-refractivity contribution in [3.8, 4) is 11.5 Å². The van der Waals surface area contributed by atoms with Gasteiger partial charge in [-0.05, 0) is 47.7 Å². The maximum absolute atomic E-state index is 12.7. The largest absolute Gasteiger partial charge is 0.493 e. The number of methoxy groups -OCH3 is 3. The van der Waals surface area contributed by atoms with E-state index < -0.39 is 23.8 Å². The summed E-state index contributed by atoms with van der Waals surface area (Å²) >= 11 is 1.27. The number of hydrogen-bond donors (Lipinski definition) is 1. The molecule has 1 aliphatic carbocycles. The summed E-state index contributed by atoms with van der Waals surface area (Å²) in [6.07, 6.45) is 4.17.